The Morgan fingerprint density at radius 2 is 2.00 bits per heavy atom. The Labute approximate surface area is 128 Å². The first-order chi connectivity index (χ1) is 10.1. The van der Waals surface area contributed by atoms with Crippen molar-refractivity contribution in [3.05, 3.63) is 29.8 Å². The summed E-state index contributed by atoms with van der Waals surface area (Å²) in [4.78, 5) is 16.9. The summed E-state index contributed by atoms with van der Waals surface area (Å²) in [6.45, 7) is 5.47. The molecule has 1 aromatic carbocycles. The minimum Gasteiger partial charge on any atom is -0.384 e. The van der Waals surface area contributed by atoms with Crippen LogP contribution in [0.15, 0.2) is 24.3 Å². The molecule has 1 aromatic rings. The molecule has 1 N–H and O–H groups in total. The minimum absolute atomic E-state index is 0.0635. The Kier molecular flexibility index (Phi) is 5.62. The molecular weight excluding hydrogens is 262 g/mol. The number of hydrogen-bond acceptors (Lipinski definition) is 3. The second-order valence-corrected chi connectivity index (χ2v) is 6.07. The highest BCUT2D eigenvalue weighted by atomic mass is 16.2. The van der Waals surface area contributed by atoms with Crippen LogP contribution in [-0.2, 0) is 11.2 Å². The molecule has 0 saturated carbocycles. The number of carbonyl (C=O) groups excluding carboxylic acids is 1. The molecule has 0 bridgehead atoms. The van der Waals surface area contributed by atoms with Crippen molar-refractivity contribution in [3.8, 4) is 0 Å². The van der Waals surface area contributed by atoms with Gasteiger partial charge in [0.1, 0.15) is 0 Å². The number of anilines is 1. The summed E-state index contributed by atoms with van der Waals surface area (Å²) in [6.07, 6.45) is 1.86. The normalized spacial score (nSPS) is 17.2. The van der Waals surface area contributed by atoms with Crippen molar-refractivity contribution in [1.82, 2.24) is 9.80 Å². The van der Waals surface area contributed by atoms with Crippen molar-refractivity contribution in [2.45, 2.75) is 19.8 Å². The molecule has 1 aliphatic rings. The lowest BCUT2D eigenvalue weighted by Crippen LogP contribution is -2.44. The number of nitrogens with zero attached hydrogens (tertiary/aromatic N) is 2. The van der Waals surface area contributed by atoms with E-state index in [1.165, 1.54) is 11.3 Å². The van der Waals surface area contributed by atoms with E-state index in [1.54, 1.807) is 0 Å². The Hall–Kier alpha value is -1.55. The van der Waals surface area contributed by atoms with Gasteiger partial charge in [0, 0.05) is 31.9 Å². The van der Waals surface area contributed by atoms with Gasteiger partial charge in [-0.25, -0.2) is 0 Å². The van der Waals surface area contributed by atoms with Crippen molar-refractivity contribution in [3.63, 3.8) is 0 Å². The van der Waals surface area contributed by atoms with Crippen LogP contribution >= 0.6 is 0 Å². The molecule has 21 heavy (non-hydrogen) atoms. The average molecular weight is 289 g/mol. The Morgan fingerprint density at radius 3 is 2.71 bits per heavy atom. The number of carbonyl (C=O) groups is 1. The van der Waals surface area contributed by atoms with Crippen molar-refractivity contribution in [2.75, 3.05) is 45.6 Å². The van der Waals surface area contributed by atoms with Gasteiger partial charge in [-0.05, 0) is 38.6 Å². The third kappa shape index (κ3) is 4.21. The van der Waals surface area contributed by atoms with Gasteiger partial charge in [0.25, 0.3) is 0 Å². The van der Waals surface area contributed by atoms with Crippen LogP contribution < -0.4 is 5.32 Å². The zero-order chi connectivity index (χ0) is 15.2. The van der Waals surface area contributed by atoms with E-state index in [4.69, 9.17) is 0 Å². The molecule has 116 valence electrons. The molecule has 1 heterocycles. The Balaban J connectivity index is 2.01. The summed E-state index contributed by atoms with van der Waals surface area (Å²) in [5.41, 5.74) is 2.43. The van der Waals surface area contributed by atoms with Gasteiger partial charge in [0.15, 0.2) is 0 Å². The van der Waals surface area contributed by atoms with Gasteiger partial charge in [-0.15, -0.1) is 0 Å². The van der Waals surface area contributed by atoms with Gasteiger partial charge < -0.3 is 15.1 Å². The molecule has 0 aliphatic carbocycles. The van der Waals surface area contributed by atoms with Crippen molar-refractivity contribution in [1.29, 1.82) is 0 Å². The molecule has 4 heteroatoms. The van der Waals surface area contributed by atoms with Crippen molar-refractivity contribution in [2.24, 2.45) is 5.92 Å². The predicted molar refractivity (Wildman–Crippen MR) is 87.6 cm³/mol. The fourth-order valence-corrected chi connectivity index (χ4v) is 2.80. The van der Waals surface area contributed by atoms with E-state index < -0.39 is 0 Å². The van der Waals surface area contributed by atoms with Crippen LogP contribution in [0.3, 0.4) is 0 Å². The largest absolute Gasteiger partial charge is 0.384 e. The minimum atomic E-state index is 0.0635. The van der Waals surface area contributed by atoms with E-state index in [0.29, 0.717) is 5.91 Å². The highest BCUT2D eigenvalue weighted by Gasteiger charge is 2.27. The molecule has 0 spiro atoms. The summed E-state index contributed by atoms with van der Waals surface area (Å²) in [7, 11) is 4.10. The van der Waals surface area contributed by atoms with Crippen LogP contribution in [-0.4, -0.2) is 56.0 Å². The van der Waals surface area contributed by atoms with Crippen LogP contribution in [0.4, 0.5) is 5.69 Å². The molecule has 1 atom stereocenters. The molecule has 0 fully saturated rings. The first kappa shape index (κ1) is 15.8. The summed E-state index contributed by atoms with van der Waals surface area (Å²) >= 11 is 0. The SMILES string of the molecule is CCCN(CCN(C)C)C(=O)C1CNc2ccccc2C1. The van der Waals surface area contributed by atoms with Crippen LogP contribution in [0.2, 0.25) is 0 Å². The van der Waals surface area contributed by atoms with E-state index >= 15 is 0 Å². The number of amides is 1. The monoisotopic (exact) mass is 289 g/mol. The topological polar surface area (TPSA) is 35.6 Å². The lowest BCUT2D eigenvalue weighted by Gasteiger charge is -2.31. The maximum Gasteiger partial charge on any atom is 0.227 e. The first-order valence-corrected chi connectivity index (χ1v) is 7.87. The molecule has 1 aliphatic heterocycles. The fraction of sp³-hybridized carbons (Fsp3) is 0.588. The average Bonchev–Trinajstić information content (AvgIpc) is 2.50. The number of rotatable bonds is 6. The number of likely N-dealkylation sites (N-methyl/N-ethyl adjacent to an activating group) is 1. The zero-order valence-electron chi connectivity index (χ0n) is 13.4. The molecule has 0 saturated heterocycles. The van der Waals surface area contributed by atoms with Gasteiger partial charge in [0.05, 0.1) is 5.92 Å². The number of para-hydroxylation sites is 1. The smallest absolute Gasteiger partial charge is 0.227 e. The van der Waals surface area contributed by atoms with Gasteiger partial charge >= 0.3 is 0 Å². The van der Waals surface area contributed by atoms with E-state index in [2.05, 4.69) is 29.3 Å². The van der Waals surface area contributed by atoms with Crippen LogP contribution in [0, 0.1) is 5.92 Å². The number of fused-ring (bicyclic) bond motifs is 1. The van der Waals surface area contributed by atoms with Gasteiger partial charge in [-0.2, -0.15) is 0 Å². The molecular formula is C17H27N3O. The van der Waals surface area contributed by atoms with E-state index in [1.807, 2.05) is 31.1 Å². The van der Waals surface area contributed by atoms with Crippen molar-refractivity contribution < 1.29 is 4.79 Å². The lowest BCUT2D eigenvalue weighted by atomic mass is 9.93. The second-order valence-electron chi connectivity index (χ2n) is 6.07. The summed E-state index contributed by atoms with van der Waals surface area (Å²) in [6, 6.07) is 8.29. The molecule has 2 rings (SSSR count). The number of benzene rings is 1. The quantitative estimate of drug-likeness (QED) is 0.871. The van der Waals surface area contributed by atoms with E-state index in [-0.39, 0.29) is 5.92 Å². The maximum atomic E-state index is 12.8. The van der Waals surface area contributed by atoms with Gasteiger partial charge in [0.2, 0.25) is 5.91 Å². The van der Waals surface area contributed by atoms with Crippen LogP contribution in [0.5, 0.6) is 0 Å². The standard InChI is InChI=1S/C17H27N3O/c1-4-9-20(11-10-19(2)3)17(21)15-12-14-7-5-6-8-16(14)18-13-15/h5-8,15,18H,4,9-13H2,1-3H3. The summed E-state index contributed by atoms with van der Waals surface area (Å²) in [5.74, 6) is 0.356. The van der Waals surface area contributed by atoms with Crippen molar-refractivity contribution >= 4 is 11.6 Å². The zero-order valence-corrected chi connectivity index (χ0v) is 13.4. The first-order valence-electron chi connectivity index (χ1n) is 7.87. The van der Waals surface area contributed by atoms with Crippen LogP contribution in [0.1, 0.15) is 18.9 Å². The number of hydrogen-bond donors (Lipinski definition) is 1. The molecule has 1 amide bonds. The lowest BCUT2D eigenvalue weighted by molar-refractivity contribution is -0.135. The Bertz CT molecular complexity index is 473. The van der Waals surface area contributed by atoms with Gasteiger partial charge in [-0.1, -0.05) is 25.1 Å². The maximum absolute atomic E-state index is 12.8. The van der Waals surface area contributed by atoms with E-state index in [0.717, 1.165) is 39.0 Å². The predicted octanol–water partition coefficient (Wildman–Crippen LogP) is 2.07. The highest BCUT2D eigenvalue weighted by Crippen LogP contribution is 2.25. The third-order valence-corrected chi connectivity index (χ3v) is 3.99. The fourth-order valence-electron chi connectivity index (χ4n) is 2.80. The molecule has 0 radical (unpaired) electrons. The second kappa shape index (κ2) is 7.46. The van der Waals surface area contributed by atoms with E-state index in [9.17, 15) is 4.79 Å². The third-order valence-electron chi connectivity index (χ3n) is 3.99. The highest BCUT2D eigenvalue weighted by molar-refractivity contribution is 5.81. The number of nitrogens with one attached hydrogen (secondary N) is 1. The molecule has 4 nitrogen and oxygen atoms in total. The molecule has 1 unspecified atom stereocenters. The summed E-state index contributed by atoms with van der Waals surface area (Å²) < 4.78 is 0. The Morgan fingerprint density at radius 1 is 1.24 bits per heavy atom. The molecule has 0 aromatic heterocycles. The summed E-state index contributed by atoms with van der Waals surface area (Å²) in [5, 5.41) is 3.40. The van der Waals surface area contributed by atoms with Gasteiger partial charge in [-0.3, -0.25) is 4.79 Å². The van der Waals surface area contributed by atoms with Crippen LogP contribution in [0.25, 0.3) is 0 Å².